The summed E-state index contributed by atoms with van der Waals surface area (Å²) >= 11 is 3.35. The van der Waals surface area contributed by atoms with Gasteiger partial charge in [0.2, 0.25) is 0 Å². The summed E-state index contributed by atoms with van der Waals surface area (Å²) in [6.45, 7) is 22.7. The number of halogens is 1. The van der Waals surface area contributed by atoms with Crippen molar-refractivity contribution in [3.8, 4) is 0 Å². The van der Waals surface area contributed by atoms with Gasteiger partial charge < -0.3 is 18.6 Å². The van der Waals surface area contributed by atoms with Crippen LogP contribution in [0.5, 0.6) is 0 Å². The highest BCUT2D eigenvalue weighted by Gasteiger charge is 2.63. The molecule has 0 bridgehead atoms. The van der Waals surface area contributed by atoms with E-state index in [2.05, 4.69) is 41.7 Å². The fourth-order valence-electron chi connectivity index (χ4n) is 2.82. The maximum atomic E-state index is 5.96. The molecular formula is C21H36B2BrNO4. The van der Waals surface area contributed by atoms with Gasteiger partial charge in [-0.1, -0.05) is 20.8 Å². The maximum Gasteiger partial charge on any atom is 0.488 e. The lowest BCUT2D eigenvalue weighted by atomic mass is 9.49. The van der Waals surface area contributed by atoms with Crippen molar-refractivity contribution in [2.45, 2.75) is 104 Å². The van der Waals surface area contributed by atoms with Gasteiger partial charge in [-0.2, -0.15) is 0 Å². The predicted molar refractivity (Wildman–Crippen MR) is 123 cm³/mol. The molecule has 2 fully saturated rings. The summed E-state index contributed by atoms with van der Waals surface area (Å²) in [7, 11) is -0.952. The van der Waals surface area contributed by atoms with Crippen LogP contribution in [-0.2, 0) is 24.0 Å². The highest BCUT2D eigenvalue weighted by Crippen LogP contribution is 2.42. The van der Waals surface area contributed by atoms with Gasteiger partial charge in [0.15, 0.2) is 0 Å². The van der Waals surface area contributed by atoms with Crippen molar-refractivity contribution in [3.63, 3.8) is 0 Å². The van der Waals surface area contributed by atoms with Crippen molar-refractivity contribution in [2.75, 3.05) is 0 Å². The second-order valence-corrected chi connectivity index (χ2v) is 11.8. The van der Waals surface area contributed by atoms with E-state index >= 15 is 0 Å². The summed E-state index contributed by atoms with van der Waals surface area (Å²) in [5.74, 6) is 0. The molecule has 0 spiro atoms. The molecule has 0 saturated carbocycles. The van der Waals surface area contributed by atoms with Gasteiger partial charge in [-0.3, -0.25) is 4.98 Å². The molecule has 0 aliphatic carbocycles. The van der Waals surface area contributed by atoms with Crippen LogP contribution in [0.3, 0.4) is 0 Å². The summed E-state index contributed by atoms with van der Waals surface area (Å²) in [6.07, 6.45) is 1.83. The Bertz CT molecular complexity index is 648. The molecule has 0 radical (unpaired) electrons. The Morgan fingerprint density at radius 1 is 0.724 bits per heavy atom. The zero-order valence-corrected chi connectivity index (χ0v) is 21.4. The van der Waals surface area contributed by atoms with E-state index in [-0.39, 0.29) is 27.8 Å². The minimum absolute atomic E-state index is 0.153. The molecule has 1 aromatic rings. The lowest BCUT2D eigenvalue weighted by Gasteiger charge is -2.32. The van der Waals surface area contributed by atoms with Gasteiger partial charge >= 0.3 is 14.0 Å². The molecular weight excluding hydrogens is 434 g/mol. The van der Waals surface area contributed by atoms with Crippen LogP contribution in [0.25, 0.3) is 0 Å². The van der Waals surface area contributed by atoms with Crippen LogP contribution < -0.4 is 0 Å². The number of hydrogen-bond acceptors (Lipinski definition) is 5. The Labute approximate surface area is 186 Å². The van der Waals surface area contributed by atoms with Gasteiger partial charge in [0, 0.05) is 21.8 Å². The molecule has 1 aromatic heterocycles. The highest BCUT2D eigenvalue weighted by molar-refractivity contribution is 9.10. The van der Waals surface area contributed by atoms with Gasteiger partial charge in [0.1, 0.15) is 0 Å². The van der Waals surface area contributed by atoms with Crippen LogP contribution >= 0.6 is 15.9 Å². The van der Waals surface area contributed by atoms with Crippen LogP contribution in [0.2, 0.25) is 0 Å². The molecule has 2 aliphatic rings. The van der Waals surface area contributed by atoms with Gasteiger partial charge in [-0.25, -0.2) is 0 Å². The molecule has 3 heterocycles. The zero-order valence-electron chi connectivity index (χ0n) is 19.8. The average molecular weight is 470 g/mol. The van der Waals surface area contributed by atoms with Crippen molar-refractivity contribution >= 4 is 29.9 Å². The third-order valence-corrected chi connectivity index (χ3v) is 6.73. The molecule has 0 amide bonds. The van der Waals surface area contributed by atoms with Crippen molar-refractivity contribution in [1.29, 1.82) is 0 Å². The quantitative estimate of drug-likeness (QED) is 0.516. The molecule has 29 heavy (non-hydrogen) atoms. The van der Waals surface area contributed by atoms with E-state index in [1.165, 1.54) is 0 Å². The van der Waals surface area contributed by atoms with E-state index in [9.17, 15) is 0 Å². The minimum atomic E-state index is -0.476. The summed E-state index contributed by atoms with van der Waals surface area (Å²) < 4.78 is 24.9. The van der Waals surface area contributed by atoms with Crippen LogP contribution in [0.1, 0.15) is 81.9 Å². The minimum Gasteiger partial charge on any atom is -0.405 e. The summed E-state index contributed by atoms with van der Waals surface area (Å²) in [6, 6.07) is 4.07. The normalized spacial score (nSPS) is 24.3. The lowest BCUT2D eigenvalue weighted by Crippen LogP contribution is -2.41. The molecule has 0 unspecified atom stereocenters. The Hall–Kier alpha value is -0.400. The number of hydrogen-bond donors (Lipinski definition) is 0. The lowest BCUT2D eigenvalue weighted by molar-refractivity contribution is 0.00578. The van der Waals surface area contributed by atoms with Crippen LogP contribution in [0.4, 0.5) is 0 Å². The molecule has 8 heteroatoms. The Kier molecular flexibility index (Phi) is 6.81. The monoisotopic (exact) mass is 469 g/mol. The maximum absolute atomic E-state index is 5.96. The fraction of sp³-hybridized carbons (Fsp3) is 0.762. The van der Waals surface area contributed by atoms with Crippen LogP contribution in [-0.4, -0.2) is 41.4 Å². The summed E-state index contributed by atoms with van der Waals surface area (Å²) in [5, 5.41) is 0. The Balaban J connectivity index is 0.000000234. The molecule has 162 valence electrons. The van der Waals surface area contributed by atoms with Crippen molar-refractivity contribution < 1.29 is 18.6 Å². The largest absolute Gasteiger partial charge is 0.488 e. The SMILES string of the molecule is CC1(C)OB(B2OC(C)(C)C(C)(C)O2)OC1(C)C.C[14C](C)(C)c1ccc(Br)cn1. The molecule has 3 rings (SSSR count). The highest BCUT2D eigenvalue weighted by atomic mass is 79.9. The third-order valence-electron chi connectivity index (χ3n) is 6.26. The van der Waals surface area contributed by atoms with E-state index in [1.807, 2.05) is 73.7 Å². The molecule has 2 aliphatic heterocycles. The Morgan fingerprint density at radius 3 is 1.31 bits per heavy atom. The number of pyridine rings is 1. The molecule has 5 nitrogen and oxygen atoms in total. The summed E-state index contributed by atoms with van der Waals surface area (Å²) in [5.41, 5.74) is -0.160. The molecule has 0 N–H and O–H groups in total. The number of aromatic nitrogens is 1. The average Bonchev–Trinajstić information content (AvgIpc) is 2.87. The van der Waals surface area contributed by atoms with Crippen molar-refractivity contribution in [3.05, 3.63) is 28.5 Å². The van der Waals surface area contributed by atoms with Crippen molar-refractivity contribution in [1.82, 2.24) is 4.98 Å². The predicted octanol–water partition coefficient (Wildman–Crippen LogP) is 5.39. The van der Waals surface area contributed by atoms with E-state index < -0.39 is 14.0 Å². The second kappa shape index (κ2) is 7.94. The molecule has 2 saturated heterocycles. The fourth-order valence-corrected chi connectivity index (χ4v) is 3.05. The topological polar surface area (TPSA) is 49.8 Å². The third kappa shape index (κ3) is 5.45. The van der Waals surface area contributed by atoms with Crippen LogP contribution in [0, 0.1) is 0 Å². The van der Waals surface area contributed by atoms with E-state index in [4.69, 9.17) is 18.6 Å². The summed E-state index contributed by atoms with van der Waals surface area (Å²) in [4.78, 5) is 4.30. The first-order valence-electron chi connectivity index (χ1n) is 10.2. The Morgan fingerprint density at radius 2 is 1.07 bits per heavy atom. The van der Waals surface area contributed by atoms with E-state index in [0.717, 1.165) is 10.2 Å². The molecule has 0 atom stereocenters. The smallest absolute Gasteiger partial charge is 0.405 e. The van der Waals surface area contributed by atoms with Gasteiger partial charge in [-0.15, -0.1) is 0 Å². The van der Waals surface area contributed by atoms with E-state index in [1.54, 1.807) is 0 Å². The number of nitrogens with zero attached hydrogens (tertiary/aromatic N) is 1. The second-order valence-electron chi connectivity index (χ2n) is 10.9. The van der Waals surface area contributed by atoms with Crippen LogP contribution in [0.15, 0.2) is 22.8 Å². The number of rotatable bonds is 1. The van der Waals surface area contributed by atoms with Crippen molar-refractivity contribution in [2.24, 2.45) is 0 Å². The van der Waals surface area contributed by atoms with Gasteiger partial charge in [0.25, 0.3) is 0 Å². The van der Waals surface area contributed by atoms with E-state index in [0.29, 0.717) is 0 Å². The molecule has 0 aromatic carbocycles. The first-order valence-corrected chi connectivity index (χ1v) is 11.0. The van der Waals surface area contributed by atoms with Gasteiger partial charge in [0.05, 0.1) is 22.4 Å². The first-order chi connectivity index (χ1) is 12.9. The standard InChI is InChI=1S/C12H24B2O4.C9H12BrN/c1-9(2)10(3,4)16-13(15-9)14-17-11(5,6)12(7,8)18-14;1-9(2,3)8-5-4-7(10)6-11-8/h1-8H3;4-6H,1-3H3/i;9+2. The zero-order chi connectivity index (χ0) is 22.5. The first kappa shape index (κ1) is 24.9. The van der Waals surface area contributed by atoms with Gasteiger partial charge in [-0.05, 0) is 83.5 Å².